The zero-order chi connectivity index (χ0) is 15.0. The molecule has 1 rings (SSSR count). The van der Waals surface area contributed by atoms with E-state index in [-0.39, 0.29) is 12.4 Å². The highest BCUT2D eigenvalue weighted by molar-refractivity contribution is 7.89. The molecule has 6 heteroatoms. The summed E-state index contributed by atoms with van der Waals surface area (Å²) in [5.74, 6) is 0.570. The van der Waals surface area contributed by atoms with Gasteiger partial charge in [0.05, 0.1) is 4.90 Å². The number of nitrogens with one attached hydrogen (secondary N) is 2. The molecule has 0 aliphatic carbocycles. The fraction of sp³-hybridized carbons (Fsp3) is 0.600. The third kappa shape index (κ3) is 7.81. The molecule has 122 valence electrons. The van der Waals surface area contributed by atoms with Crippen molar-refractivity contribution in [3.8, 4) is 0 Å². The molecule has 1 aromatic rings. The van der Waals surface area contributed by atoms with E-state index in [4.69, 9.17) is 0 Å². The summed E-state index contributed by atoms with van der Waals surface area (Å²) in [6, 6.07) is 7.15. The van der Waals surface area contributed by atoms with Gasteiger partial charge in [-0.25, -0.2) is 13.1 Å². The normalized spacial score (nSPS) is 11.4. The van der Waals surface area contributed by atoms with Crippen LogP contribution in [0.4, 0.5) is 0 Å². The minimum Gasteiger partial charge on any atom is -0.315 e. The second-order valence-electron chi connectivity index (χ2n) is 5.39. The van der Waals surface area contributed by atoms with Gasteiger partial charge in [-0.3, -0.25) is 0 Å². The van der Waals surface area contributed by atoms with Crippen molar-refractivity contribution in [1.29, 1.82) is 0 Å². The molecule has 0 aromatic heterocycles. The van der Waals surface area contributed by atoms with Gasteiger partial charge in [-0.2, -0.15) is 0 Å². The Bertz CT molecular complexity index is 487. The van der Waals surface area contributed by atoms with Gasteiger partial charge in [0.1, 0.15) is 0 Å². The first-order chi connectivity index (χ1) is 9.45. The highest BCUT2D eigenvalue weighted by atomic mass is 35.5. The fourth-order valence-corrected chi connectivity index (χ4v) is 2.97. The predicted molar refractivity (Wildman–Crippen MR) is 90.6 cm³/mol. The molecule has 0 bridgehead atoms. The number of benzene rings is 1. The summed E-state index contributed by atoms with van der Waals surface area (Å²) in [6.45, 7) is 8.35. The molecule has 0 heterocycles. The standard InChI is InChI=1S/C15H26N2O2S.ClH/c1-4-9-16-10-11-17-20(18,19)15-7-5-14(6-8-15)12-13(2)3;/h5-8,13,16-17H,4,9-12H2,1-3H3;1H. The van der Waals surface area contributed by atoms with Crippen molar-refractivity contribution in [2.45, 2.75) is 38.5 Å². The Morgan fingerprint density at radius 2 is 1.67 bits per heavy atom. The monoisotopic (exact) mass is 334 g/mol. The Morgan fingerprint density at radius 3 is 2.19 bits per heavy atom. The quantitative estimate of drug-likeness (QED) is 0.682. The zero-order valence-electron chi connectivity index (χ0n) is 13.1. The smallest absolute Gasteiger partial charge is 0.240 e. The molecule has 4 nitrogen and oxygen atoms in total. The lowest BCUT2D eigenvalue weighted by molar-refractivity contribution is 0.575. The Hall–Kier alpha value is -0.620. The maximum Gasteiger partial charge on any atom is 0.240 e. The second kappa shape index (κ2) is 10.2. The van der Waals surface area contributed by atoms with Crippen LogP contribution in [0.25, 0.3) is 0 Å². The van der Waals surface area contributed by atoms with Crippen LogP contribution in [0, 0.1) is 5.92 Å². The van der Waals surface area contributed by atoms with Crippen LogP contribution in [0.3, 0.4) is 0 Å². The second-order valence-corrected chi connectivity index (χ2v) is 7.16. The van der Waals surface area contributed by atoms with Gasteiger partial charge >= 0.3 is 0 Å². The molecule has 2 N–H and O–H groups in total. The molecule has 0 amide bonds. The molecule has 0 aliphatic heterocycles. The number of hydrogen-bond donors (Lipinski definition) is 2. The third-order valence-corrected chi connectivity index (χ3v) is 4.38. The summed E-state index contributed by atoms with van der Waals surface area (Å²) in [6.07, 6.45) is 2.01. The Kier molecular flexibility index (Phi) is 9.86. The molecule has 21 heavy (non-hydrogen) atoms. The minimum absolute atomic E-state index is 0. The lowest BCUT2D eigenvalue weighted by Crippen LogP contribution is -2.32. The molecule has 0 radical (unpaired) electrons. The van der Waals surface area contributed by atoms with Crippen LogP contribution in [-0.4, -0.2) is 28.1 Å². The van der Waals surface area contributed by atoms with Gasteiger partial charge in [-0.1, -0.05) is 32.9 Å². The zero-order valence-corrected chi connectivity index (χ0v) is 14.7. The van der Waals surface area contributed by atoms with Crippen LogP contribution >= 0.6 is 12.4 Å². The van der Waals surface area contributed by atoms with E-state index in [1.807, 2.05) is 12.1 Å². The van der Waals surface area contributed by atoms with Crippen LogP contribution in [-0.2, 0) is 16.4 Å². The van der Waals surface area contributed by atoms with Crippen LogP contribution in [0.15, 0.2) is 29.2 Å². The van der Waals surface area contributed by atoms with E-state index < -0.39 is 10.0 Å². The molecule has 0 spiro atoms. The van der Waals surface area contributed by atoms with E-state index in [1.165, 1.54) is 5.56 Å². The Balaban J connectivity index is 0.00000400. The Labute approximate surface area is 135 Å². The molecule has 0 fully saturated rings. The van der Waals surface area contributed by atoms with Gasteiger partial charge in [0.15, 0.2) is 0 Å². The highest BCUT2D eigenvalue weighted by Gasteiger charge is 2.12. The predicted octanol–water partition coefficient (Wildman–Crippen LogP) is 2.58. The lowest BCUT2D eigenvalue weighted by Gasteiger charge is -2.09. The van der Waals surface area contributed by atoms with Crippen molar-refractivity contribution in [1.82, 2.24) is 10.0 Å². The topological polar surface area (TPSA) is 58.2 Å². The summed E-state index contributed by atoms with van der Waals surface area (Å²) >= 11 is 0. The van der Waals surface area contributed by atoms with Crippen molar-refractivity contribution < 1.29 is 8.42 Å². The van der Waals surface area contributed by atoms with E-state index in [9.17, 15) is 8.42 Å². The van der Waals surface area contributed by atoms with Crippen molar-refractivity contribution in [3.05, 3.63) is 29.8 Å². The molecule has 1 aromatic carbocycles. The van der Waals surface area contributed by atoms with Gasteiger partial charge in [0.25, 0.3) is 0 Å². The summed E-state index contributed by atoms with van der Waals surface area (Å²) in [7, 11) is -3.38. The van der Waals surface area contributed by atoms with Crippen LogP contribution in [0.5, 0.6) is 0 Å². The maximum atomic E-state index is 12.1. The average molecular weight is 335 g/mol. The van der Waals surface area contributed by atoms with Gasteiger partial charge in [0, 0.05) is 13.1 Å². The van der Waals surface area contributed by atoms with E-state index in [0.29, 0.717) is 23.9 Å². The lowest BCUT2D eigenvalue weighted by atomic mass is 10.0. The van der Waals surface area contributed by atoms with E-state index >= 15 is 0 Å². The van der Waals surface area contributed by atoms with Crippen molar-refractivity contribution in [2.24, 2.45) is 5.92 Å². The highest BCUT2D eigenvalue weighted by Crippen LogP contribution is 2.13. The summed E-state index contributed by atoms with van der Waals surface area (Å²) < 4.78 is 26.7. The molecule has 0 saturated heterocycles. The largest absolute Gasteiger partial charge is 0.315 e. The molecule has 0 unspecified atom stereocenters. The van der Waals surface area contributed by atoms with Crippen LogP contribution in [0.1, 0.15) is 32.8 Å². The van der Waals surface area contributed by atoms with Gasteiger partial charge in [-0.15, -0.1) is 12.4 Å². The summed E-state index contributed by atoms with van der Waals surface area (Å²) in [4.78, 5) is 0.334. The Morgan fingerprint density at radius 1 is 1.05 bits per heavy atom. The van der Waals surface area contributed by atoms with Crippen molar-refractivity contribution >= 4 is 22.4 Å². The number of rotatable bonds is 9. The first kappa shape index (κ1) is 20.4. The molecule has 0 aliphatic rings. The van der Waals surface area contributed by atoms with Gasteiger partial charge < -0.3 is 5.32 Å². The van der Waals surface area contributed by atoms with E-state index in [0.717, 1.165) is 19.4 Å². The summed E-state index contributed by atoms with van der Waals surface area (Å²) in [5.41, 5.74) is 1.17. The van der Waals surface area contributed by atoms with Crippen LogP contribution < -0.4 is 10.0 Å². The first-order valence-electron chi connectivity index (χ1n) is 7.25. The minimum atomic E-state index is -3.38. The number of hydrogen-bond acceptors (Lipinski definition) is 3. The molecule has 0 saturated carbocycles. The number of halogens is 1. The average Bonchev–Trinajstić information content (AvgIpc) is 2.38. The molecule has 0 atom stereocenters. The van der Waals surface area contributed by atoms with Crippen molar-refractivity contribution in [3.63, 3.8) is 0 Å². The maximum absolute atomic E-state index is 12.1. The molecular formula is C15H27ClN2O2S. The number of sulfonamides is 1. The van der Waals surface area contributed by atoms with E-state index in [1.54, 1.807) is 12.1 Å². The van der Waals surface area contributed by atoms with Crippen molar-refractivity contribution in [2.75, 3.05) is 19.6 Å². The third-order valence-electron chi connectivity index (χ3n) is 2.90. The molecular weight excluding hydrogens is 308 g/mol. The summed E-state index contributed by atoms with van der Waals surface area (Å²) in [5, 5.41) is 3.16. The van der Waals surface area contributed by atoms with Gasteiger partial charge in [0.2, 0.25) is 10.0 Å². The van der Waals surface area contributed by atoms with Gasteiger partial charge in [-0.05, 0) is 43.0 Å². The first-order valence-corrected chi connectivity index (χ1v) is 8.73. The van der Waals surface area contributed by atoms with Crippen LogP contribution in [0.2, 0.25) is 0 Å². The fourth-order valence-electron chi connectivity index (χ4n) is 1.93. The SMILES string of the molecule is CCCNCCNS(=O)(=O)c1ccc(CC(C)C)cc1.Cl. The van der Waals surface area contributed by atoms with E-state index in [2.05, 4.69) is 30.8 Å².